The van der Waals surface area contributed by atoms with Crippen LogP contribution in [0.2, 0.25) is 0 Å². The number of hydrogen-bond donors (Lipinski definition) is 0. The predicted molar refractivity (Wildman–Crippen MR) is 101 cm³/mol. The van der Waals surface area contributed by atoms with Crippen molar-refractivity contribution in [3.63, 3.8) is 0 Å². The fraction of sp³-hybridized carbons (Fsp3) is 0.286. The van der Waals surface area contributed by atoms with Gasteiger partial charge in [0.25, 0.3) is 0 Å². The molecule has 0 radical (unpaired) electrons. The van der Waals surface area contributed by atoms with Crippen LogP contribution in [0, 0.1) is 23.6 Å². The summed E-state index contributed by atoms with van der Waals surface area (Å²) in [6, 6.07) is 12.3. The van der Waals surface area contributed by atoms with Gasteiger partial charge in [-0.1, -0.05) is 24.7 Å². The normalized spacial score (nSPS) is 13.6. The maximum absolute atomic E-state index is 13.8. The van der Waals surface area contributed by atoms with Crippen molar-refractivity contribution in [3.8, 4) is 17.6 Å². The molecule has 0 aromatic heterocycles. The molecule has 0 bridgehead atoms. The van der Waals surface area contributed by atoms with Gasteiger partial charge in [-0.15, -0.1) is 0 Å². The molecule has 0 unspecified atom stereocenters. The van der Waals surface area contributed by atoms with Crippen LogP contribution in [0.25, 0.3) is 0 Å². The first-order chi connectivity index (χ1) is 12.2. The summed E-state index contributed by atoms with van der Waals surface area (Å²) in [4.78, 5) is 3.65. The van der Waals surface area contributed by atoms with Gasteiger partial charge in [0, 0.05) is 11.1 Å². The van der Waals surface area contributed by atoms with Gasteiger partial charge in [-0.2, -0.15) is 4.99 Å². The molecule has 0 spiro atoms. The maximum Gasteiger partial charge on any atom is 0.150 e. The molecule has 3 rings (SSSR count). The van der Waals surface area contributed by atoms with Crippen LogP contribution >= 0.6 is 12.2 Å². The van der Waals surface area contributed by atoms with Gasteiger partial charge in [0.15, 0.2) is 5.82 Å². The molecular weight excluding hydrogens is 333 g/mol. The number of benzene rings is 2. The summed E-state index contributed by atoms with van der Waals surface area (Å²) >= 11 is 4.48. The van der Waals surface area contributed by atoms with Crippen LogP contribution in [0.3, 0.4) is 0 Å². The zero-order valence-electron chi connectivity index (χ0n) is 13.8. The second-order valence-corrected chi connectivity index (χ2v) is 6.29. The first kappa shape index (κ1) is 17.4. The summed E-state index contributed by atoms with van der Waals surface area (Å²) in [5.41, 5.74) is 1.61. The van der Waals surface area contributed by atoms with Gasteiger partial charge < -0.3 is 4.74 Å². The highest BCUT2D eigenvalue weighted by atomic mass is 32.1. The van der Waals surface area contributed by atoms with Crippen molar-refractivity contribution in [1.29, 1.82) is 0 Å². The third-order valence-electron chi connectivity index (χ3n) is 4.28. The molecule has 4 heteroatoms. The minimum Gasteiger partial charge on any atom is -0.493 e. The number of rotatable bonds is 4. The monoisotopic (exact) mass is 351 g/mol. The predicted octanol–water partition coefficient (Wildman–Crippen LogP) is 5.53. The molecule has 1 aliphatic rings. The molecule has 0 saturated heterocycles. The van der Waals surface area contributed by atoms with Gasteiger partial charge in [-0.3, -0.25) is 0 Å². The Labute approximate surface area is 152 Å². The maximum atomic E-state index is 13.8. The Morgan fingerprint density at radius 3 is 2.40 bits per heavy atom. The second-order valence-electron chi connectivity index (χ2n) is 6.11. The van der Waals surface area contributed by atoms with Crippen molar-refractivity contribution in [1.82, 2.24) is 0 Å². The topological polar surface area (TPSA) is 21.6 Å². The molecule has 0 N–H and O–H groups in total. The van der Waals surface area contributed by atoms with Crippen molar-refractivity contribution in [2.75, 3.05) is 6.61 Å². The molecule has 2 nitrogen and oxygen atoms in total. The lowest BCUT2D eigenvalue weighted by Gasteiger charge is -2.11. The van der Waals surface area contributed by atoms with Gasteiger partial charge in [0.2, 0.25) is 0 Å². The van der Waals surface area contributed by atoms with E-state index in [1.807, 2.05) is 24.3 Å². The minimum absolute atomic E-state index is 0.171. The van der Waals surface area contributed by atoms with E-state index in [0.717, 1.165) is 17.9 Å². The highest BCUT2D eigenvalue weighted by Gasteiger charge is 2.15. The number of aliphatic imine (C=N–C) groups is 1. The van der Waals surface area contributed by atoms with Crippen molar-refractivity contribution >= 4 is 23.1 Å². The zero-order valence-corrected chi connectivity index (χ0v) is 14.6. The van der Waals surface area contributed by atoms with Crippen LogP contribution in [-0.4, -0.2) is 11.8 Å². The van der Waals surface area contributed by atoms with Gasteiger partial charge in [-0.25, -0.2) is 4.39 Å². The third kappa shape index (κ3) is 5.00. The van der Waals surface area contributed by atoms with E-state index in [2.05, 4.69) is 34.2 Å². The van der Waals surface area contributed by atoms with E-state index in [-0.39, 0.29) is 5.69 Å². The Bertz CT molecular complexity index is 838. The Morgan fingerprint density at radius 1 is 1.04 bits per heavy atom. The van der Waals surface area contributed by atoms with E-state index in [0.29, 0.717) is 11.5 Å². The SMILES string of the molecule is Fc1cc(C#Cc2ccc(OCC3CCCC3)cc2)ccc1N=C=S. The van der Waals surface area contributed by atoms with Crippen LogP contribution in [0.4, 0.5) is 10.1 Å². The summed E-state index contributed by atoms with van der Waals surface area (Å²) < 4.78 is 19.6. The van der Waals surface area contributed by atoms with Crippen LogP contribution in [0.1, 0.15) is 36.8 Å². The van der Waals surface area contributed by atoms with Crippen LogP contribution in [-0.2, 0) is 0 Å². The Kier molecular flexibility index (Phi) is 5.95. The summed E-state index contributed by atoms with van der Waals surface area (Å²) in [7, 11) is 0. The van der Waals surface area contributed by atoms with Gasteiger partial charge in [-0.05, 0) is 73.4 Å². The first-order valence-electron chi connectivity index (χ1n) is 8.37. The fourth-order valence-electron chi connectivity index (χ4n) is 2.89. The van der Waals surface area contributed by atoms with E-state index in [4.69, 9.17) is 4.74 Å². The number of halogens is 1. The molecule has 2 aromatic rings. The molecule has 0 atom stereocenters. The molecule has 0 amide bonds. The summed E-state index contributed by atoms with van der Waals surface area (Å²) in [5.74, 6) is 7.08. The number of hydrogen-bond acceptors (Lipinski definition) is 3. The Balaban J connectivity index is 1.62. The van der Waals surface area contributed by atoms with Crippen LogP contribution in [0.5, 0.6) is 5.75 Å². The molecule has 25 heavy (non-hydrogen) atoms. The minimum atomic E-state index is -0.459. The first-order valence-corrected chi connectivity index (χ1v) is 8.78. The number of ether oxygens (including phenoxy) is 1. The van der Waals surface area contributed by atoms with Gasteiger partial charge >= 0.3 is 0 Å². The third-order valence-corrected chi connectivity index (χ3v) is 4.37. The van der Waals surface area contributed by atoms with E-state index in [1.165, 1.54) is 31.7 Å². The fourth-order valence-corrected chi connectivity index (χ4v) is 2.99. The molecule has 0 heterocycles. The zero-order chi connectivity index (χ0) is 17.5. The van der Waals surface area contributed by atoms with Gasteiger partial charge in [0.05, 0.1) is 11.8 Å². The van der Waals surface area contributed by atoms with E-state index in [1.54, 1.807) is 12.1 Å². The molecule has 2 aromatic carbocycles. The number of isothiocyanates is 1. The molecule has 1 fully saturated rings. The van der Waals surface area contributed by atoms with Crippen molar-refractivity contribution in [2.45, 2.75) is 25.7 Å². The molecule has 1 aliphatic carbocycles. The lowest BCUT2D eigenvalue weighted by molar-refractivity contribution is 0.252. The molecular formula is C21H18FNOS. The van der Waals surface area contributed by atoms with E-state index in [9.17, 15) is 4.39 Å². The van der Waals surface area contributed by atoms with Gasteiger partial charge in [0.1, 0.15) is 11.4 Å². The van der Waals surface area contributed by atoms with Crippen molar-refractivity contribution in [2.24, 2.45) is 10.9 Å². The lowest BCUT2D eigenvalue weighted by atomic mass is 10.1. The molecule has 0 aliphatic heterocycles. The Morgan fingerprint density at radius 2 is 1.72 bits per heavy atom. The van der Waals surface area contributed by atoms with Crippen LogP contribution < -0.4 is 4.74 Å². The molecule has 1 saturated carbocycles. The van der Waals surface area contributed by atoms with E-state index < -0.39 is 5.82 Å². The number of thiocarbonyl (C=S) groups is 1. The highest BCUT2D eigenvalue weighted by Crippen LogP contribution is 2.25. The molecule has 126 valence electrons. The Hall–Kier alpha value is -2.47. The smallest absolute Gasteiger partial charge is 0.150 e. The van der Waals surface area contributed by atoms with Crippen LogP contribution in [0.15, 0.2) is 47.5 Å². The largest absolute Gasteiger partial charge is 0.493 e. The second kappa shape index (κ2) is 8.58. The summed E-state index contributed by atoms with van der Waals surface area (Å²) in [6.45, 7) is 0.793. The number of nitrogens with zero attached hydrogens (tertiary/aromatic N) is 1. The van der Waals surface area contributed by atoms with E-state index >= 15 is 0 Å². The standard InChI is InChI=1S/C21H18FNOS/c22-20-13-17(9-12-21(20)23-15-25)6-5-16-7-10-19(11-8-16)24-14-18-3-1-2-4-18/h7-13,18H,1-4,14H2. The van der Waals surface area contributed by atoms with Crippen molar-refractivity contribution < 1.29 is 9.13 Å². The lowest BCUT2D eigenvalue weighted by Crippen LogP contribution is -2.07. The highest BCUT2D eigenvalue weighted by molar-refractivity contribution is 7.78. The quantitative estimate of drug-likeness (QED) is 0.410. The average Bonchev–Trinajstić information content (AvgIpc) is 3.15. The van der Waals surface area contributed by atoms with Crippen molar-refractivity contribution in [3.05, 3.63) is 59.4 Å². The summed E-state index contributed by atoms with van der Waals surface area (Å²) in [5, 5.41) is 2.16. The summed E-state index contributed by atoms with van der Waals surface area (Å²) in [6.07, 6.45) is 5.19. The average molecular weight is 351 g/mol.